The Morgan fingerprint density at radius 1 is 1.04 bits per heavy atom. The molecule has 0 spiro atoms. The van der Waals surface area contributed by atoms with E-state index < -0.39 is 28.4 Å². The van der Waals surface area contributed by atoms with Gasteiger partial charge < -0.3 is 5.32 Å². The summed E-state index contributed by atoms with van der Waals surface area (Å²) in [6, 6.07) is 15.3. The van der Waals surface area contributed by atoms with Gasteiger partial charge in [0, 0.05) is 0 Å². The van der Waals surface area contributed by atoms with Crippen molar-refractivity contribution < 1.29 is 18.0 Å². The van der Waals surface area contributed by atoms with E-state index in [9.17, 15) is 18.0 Å². The summed E-state index contributed by atoms with van der Waals surface area (Å²) >= 11 is 0. The molecule has 27 heavy (non-hydrogen) atoms. The molecule has 142 valence electrons. The van der Waals surface area contributed by atoms with Gasteiger partial charge in [0.2, 0.25) is 5.91 Å². The van der Waals surface area contributed by atoms with Crippen LogP contribution >= 0.6 is 0 Å². The SMILES string of the molecule is CC(C)C[C@H](NC(=O)CN1C(=O)c2ccccc2S1(=O)=O)c1ccccc1. The Morgan fingerprint density at radius 2 is 1.67 bits per heavy atom. The number of amides is 2. The molecule has 0 aliphatic carbocycles. The average molecular weight is 386 g/mol. The van der Waals surface area contributed by atoms with Crippen molar-refractivity contribution in [2.45, 2.75) is 31.2 Å². The standard InChI is InChI=1S/C20H22N2O4S/c1-14(2)12-17(15-8-4-3-5-9-15)21-19(23)13-22-20(24)16-10-6-7-11-18(16)27(22,25)26/h3-11,14,17H,12-13H2,1-2H3,(H,21,23)/t17-/m0/s1. The van der Waals surface area contributed by atoms with E-state index in [1.165, 1.54) is 12.1 Å². The molecule has 0 radical (unpaired) electrons. The molecule has 1 heterocycles. The van der Waals surface area contributed by atoms with Crippen LogP contribution in [-0.2, 0) is 14.8 Å². The molecule has 2 amide bonds. The quantitative estimate of drug-likeness (QED) is 0.827. The average Bonchev–Trinajstić information content (AvgIpc) is 2.83. The zero-order valence-corrected chi connectivity index (χ0v) is 16.1. The van der Waals surface area contributed by atoms with Crippen molar-refractivity contribution in [3.8, 4) is 0 Å². The molecular weight excluding hydrogens is 364 g/mol. The van der Waals surface area contributed by atoms with Crippen LogP contribution in [0.5, 0.6) is 0 Å². The first-order valence-electron chi connectivity index (χ1n) is 8.81. The number of fused-ring (bicyclic) bond motifs is 1. The van der Waals surface area contributed by atoms with Gasteiger partial charge in [0.15, 0.2) is 0 Å². The number of carbonyl (C=O) groups is 2. The van der Waals surface area contributed by atoms with Crippen molar-refractivity contribution >= 4 is 21.8 Å². The van der Waals surface area contributed by atoms with Crippen LogP contribution < -0.4 is 5.32 Å². The Hall–Kier alpha value is -2.67. The minimum atomic E-state index is -3.99. The van der Waals surface area contributed by atoms with Gasteiger partial charge in [-0.1, -0.05) is 56.3 Å². The van der Waals surface area contributed by atoms with E-state index in [1.54, 1.807) is 12.1 Å². The van der Waals surface area contributed by atoms with Crippen molar-refractivity contribution in [1.29, 1.82) is 0 Å². The maximum atomic E-state index is 12.6. The number of carbonyl (C=O) groups excluding carboxylic acids is 2. The van der Waals surface area contributed by atoms with E-state index in [-0.39, 0.29) is 16.5 Å². The second kappa shape index (κ2) is 7.52. The monoisotopic (exact) mass is 386 g/mol. The van der Waals surface area contributed by atoms with Crippen molar-refractivity contribution in [2.75, 3.05) is 6.54 Å². The summed E-state index contributed by atoms with van der Waals surface area (Å²) in [4.78, 5) is 25.0. The van der Waals surface area contributed by atoms with Gasteiger partial charge in [-0.3, -0.25) is 9.59 Å². The fraction of sp³-hybridized carbons (Fsp3) is 0.300. The van der Waals surface area contributed by atoms with Crippen molar-refractivity contribution in [3.05, 3.63) is 65.7 Å². The summed E-state index contributed by atoms with van der Waals surface area (Å²) in [5, 5.41) is 2.88. The third-order valence-electron chi connectivity index (χ3n) is 4.44. The maximum absolute atomic E-state index is 12.6. The van der Waals surface area contributed by atoms with Gasteiger partial charge in [0.1, 0.15) is 11.4 Å². The van der Waals surface area contributed by atoms with Gasteiger partial charge in [-0.2, -0.15) is 0 Å². The predicted octanol–water partition coefficient (Wildman–Crippen LogP) is 2.73. The first-order valence-corrected chi connectivity index (χ1v) is 10.2. The minimum absolute atomic E-state index is 0.0513. The molecule has 0 fully saturated rings. The molecule has 0 aromatic heterocycles. The lowest BCUT2D eigenvalue weighted by atomic mass is 9.97. The van der Waals surface area contributed by atoms with Crippen molar-refractivity contribution in [3.63, 3.8) is 0 Å². The van der Waals surface area contributed by atoms with Gasteiger partial charge in [-0.25, -0.2) is 12.7 Å². The Morgan fingerprint density at radius 3 is 2.30 bits per heavy atom. The lowest BCUT2D eigenvalue weighted by Gasteiger charge is -2.23. The number of hydrogen-bond acceptors (Lipinski definition) is 4. The van der Waals surface area contributed by atoms with E-state index in [1.807, 2.05) is 44.2 Å². The Kier molecular flexibility index (Phi) is 5.32. The van der Waals surface area contributed by atoms with Crippen LogP contribution in [0.4, 0.5) is 0 Å². The number of sulfonamides is 1. The highest BCUT2D eigenvalue weighted by Crippen LogP contribution is 2.29. The van der Waals surface area contributed by atoms with Crippen LogP contribution in [0, 0.1) is 5.92 Å². The van der Waals surface area contributed by atoms with Crippen LogP contribution in [0.2, 0.25) is 0 Å². The molecule has 7 heteroatoms. The Bertz CT molecular complexity index is 955. The zero-order chi connectivity index (χ0) is 19.6. The molecule has 1 aliphatic heterocycles. The third-order valence-corrected chi connectivity index (χ3v) is 6.23. The summed E-state index contributed by atoms with van der Waals surface area (Å²) in [7, 11) is -3.99. The summed E-state index contributed by atoms with van der Waals surface area (Å²) in [6.07, 6.45) is 0.705. The van der Waals surface area contributed by atoms with Gasteiger partial charge in [-0.15, -0.1) is 0 Å². The third kappa shape index (κ3) is 3.88. The van der Waals surface area contributed by atoms with E-state index in [4.69, 9.17) is 0 Å². The number of benzene rings is 2. The smallest absolute Gasteiger partial charge is 0.269 e. The highest BCUT2D eigenvalue weighted by atomic mass is 32.2. The van der Waals surface area contributed by atoms with Gasteiger partial charge in [-0.05, 0) is 30.0 Å². The van der Waals surface area contributed by atoms with Crippen LogP contribution in [0.3, 0.4) is 0 Å². The first kappa shape index (κ1) is 19.1. The molecule has 2 aromatic rings. The second-order valence-electron chi connectivity index (χ2n) is 6.97. The maximum Gasteiger partial charge on any atom is 0.269 e. The van der Waals surface area contributed by atoms with Crippen molar-refractivity contribution in [1.82, 2.24) is 9.62 Å². The van der Waals surface area contributed by atoms with Crippen LogP contribution in [0.1, 0.15) is 42.2 Å². The normalized spacial score (nSPS) is 16.3. The van der Waals surface area contributed by atoms with E-state index in [0.717, 1.165) is 5.56 Å². The topological polar surface area (TPSA) is 83.6 Å². The first-order chi connectivity index (χ1) is 12.8. The lowest BCUT2D eigenvalue weighted by molar-refractivity contribution is -0.121. The number of nitrogens with one attached hydrogen (secondary N) is 1. The van der Waals surface area contributed by atoms with E-state index >= 15 is 0 Å². The molecule has 0 bridgehead atoms. The van der Waals surface area contributed by atoms with E-state index in [2.05, 4.69) is 5.32 Å². The molecular formula is C20H22N2O4S. The Labute approximate surface area is 159 Å². The van der Waals surface area contributed by atoms with Crippen LogP contribution in [-0.4, -0.2) is 31.1 Å². The molecule has 2 aromatic carbocycles. The second-order valence-corrected chi connectivity index (χ2v) is 8.80. The molecule has 6 nitrogen and oxygen atoms in total. The van der Waals surface area contributed by atoms with E-state index in [0.29, 0.717) is 16.6 Å². The highest BCUT2D eigenvalue weighted by molar-refractivity contribution is 7.90. The molecule has 1 N–H and O–H groups in total. The fourth-order valence-corrected chi connectivity index (χ4v) is 4.72. The highest BCUT2D eigenvalue weighted by Gasteiger charge is 2.41. The number of nitrogens with zero attached hydrogens (tertiary/aromatic N) is 1. The number of hydrogen-bond donors (Lipinski definition) is 1. The molecule has 3 rings (SSSR count). The fourth-order valence-electron chi connectivity index (χ4n) is 3.19. The number of rotatable bonds is 6. The Balaban J connectivity index is 1.78. The van der Waals surface area contributed by atoms with Gasteiger partial charge in [0.05, 0.1) is 11.6 Å². The van der Waals surface area contributed by atoms with Gasteiger partial charge in [0.25, 0.3) is 15.9 Å². The molecule has 0 saturated heterocycles. The molecule has 0 unspecified atom stereocenters. The summed E-state index contributed by atoms with van der Waals surface area (Å²) < 4.78 is 25.8. The lowest BCUT2D eigenvalue weighted by Crippen LogP contribution is -2.41. The van der Waals surface area contributed by atoms with Crippen LogP contribution in [0.15, 0.2) is 59.5 Å². The summed E-state index contributed by atoms with van der Waals surface area (Å²) in [6.45, 7) is 3.57. The van der Waals surface area contributed by atoms with Crippen molar-refractivity contribution in [2.24, 2.45) is 5.92 Å². The molecule has 1 atom stereocenters. The molecule has 0 saturated carbocycles. The summed E-state index contributed by atoms with van der Waals surface area (Å²) in [5.74, 6) is -0.841. The minimum Gasteiger partial charge on any atom is -0.348 e. The van der Waals surface area contributed by atoms with Gasteiger partial charge >= 0.3 is 0 Å². The predicted molar refractivity (Wildman–Crippen MR) is 101 cm³/mol. The van der Waals surface area contributed by atoms with Crippen LogP contribution in [0.25, 0.3) is 0 Å². The largest absolute Gasteiger partial charge is 0.348 e. The summed E-state index contributed by atoms with van der Waals surface area (Å²) in [5.41, 5.74) is 1.05. The molecule has 1 aliphatic rings. The zero-order valence-electron chi connectivity index (χ0n) is 15.3.